The molecule has 0 spiro atoms. The summed E-state index contributed by atoms with van der Waals surface area (Å²) in [5.74, 6) is -1.52. The van der Waals surface area contributed by atoms with Crippen LogP contribution >= 0.6 is 34.2 Å². The van der Waals surface area contributed by atoms with Gasteiger partial charge in [-0.2, -0.15) is 0 Å². The summed E-state index contributed by atoms with van der Waals surface area (Å²) < 4.78 is 27.7. The highest BCUT2D eigenvalue weighted by Crippen LogP contribution is 2.38. The van der Waals surface area contributed by atoms with Crippen molar-refractivity contribution in [2.45, 2.75) is 35.5 Å². The average Bonchev–Trinajstić information content (AvgIpc) is 2.28. The van der Waals surface area contributed by atoms with Crippen LogP contribution in [-0.2, 0) is 0 Å². The molecule has 0 bridgehead atoms. The van der Waals surface area contributed by atoms with Crippen molar-refractivity contribution in [1.82, 2.24) is 0 Å². The molecular formula is C12H12ClF2I. The Bertz CT molecular complexity index is 387. The van der Waals surface area contributed by atoms with Crippen molar-refractivity contribution in [3.05, 3.63) is 34.4 Å². The van der Waals surface area contributed by atoms with Crippen molar-refractivity contribution < 1.29 is 8.78 Å². The lowest BCUT2D eigenvalue weighted by Gasteiger charge is -2.26. The Kier molecular flexibility index (Phi) is 4.06. The minimum absolute atomic E-state index is 0.135. The molecule has 0 nitrogen and oxygen atoms in total. The average molecular weight is 357 g/mol. The first-order valence-corrected chi connectivity index (χ1v) is 6.99. The Morgan fingerprint density at radius 1 is 1.06 bits per heavy atom. The fourth-order valence-electron chi connectivity index (χ4n) is 2.22. The smallest absolute Gasteiger partial charge is 0.177 e. The van der Waals surface area contributed by atoms with Gasteiger partial charge in [0.15, 0.2) is 11.6 Å². The van der Waals surface area contributed by atoms with E-state index < -0.39 is 11.6 Å². The van der Waals surface area contributed by atoms with Crippen molar-refractivity contribution >= 4 is 34.2 Å². The second-order valence-corrected chi connectivity index (χ2v) is 6.38. The topological polar surface area (TPSA) is 0 Å². The van der Waals surface area contributed by atoms with E-state index in [1.807, 2.05) is 0 Å². The Morgan fingerprint density at radius 2 is 1.69 bits per heavy atom. The molecule has 88 valence electrons. The molecule has 0 radical (unpaired) electrons. The lowest BCUT2D eigenvalue weighted by Crippen LogP contribution is -2.14. The van der Waals surface area contributed by atoms with Gasteiger partial charge in [0.25, 0.3) is 0 Å². The number of halogens is 4. The maximum absolute atomic E-state index is 13.7. The monoisotopic (exact) mass is 356 g/mol. The van der Waals surface area contributed by atoms with E-state index in [9.17, 15) is 8.78 Å². The van der Waals surface area contributed by atoms with E-state index in [0.29, 0.717) is 9.49 Å². The summed E-state index contributed by atoms with van der Waals surface area (Å²) in [6.07, 6.45) is 4.03. The van der Waals surface area contributed by atoms with Crippen molar-refractivity contribution in [1.29, 1.82) is 0 Å². The normalized spacial score (nSPS) is 25.8. The van der Waals surface area contributed by atoms with Crippen LogP contribution in [0.3, 0.4) is 0 Å². The fourth-order valence-corrected chi connectivity index (χ4v) is 3.08. The van der Waals surface area contributed by atoms with Crippen LogP contribution in [0.15, 0.2) is 12.1 Å². The zero-order chi connectivity index (χ0) is 11.7. The van der Waals surface area contributed by atoms with E-state index in [1.54, 1.807) is 6.07 Å². The van der Waals surface area contributed by atoms with Crippen molar-refractivity contribution in [3.63, 3.8) is 0 Å². The molecule has 1 aromatic carbocycles. The van der Waals surface area contributed by atoms with Crippen LogP contribution in [0.2, 0.25) is 5.02 Å². The summed E-state index contributed by atoms with van der Waals surface area (Å²) >= 11 is 7.95. The summed E-state index contributed by atoms with van der Waals surface area (Å²) in [6, 6.07) is 3.07. The minimum atomic E-state index is -0.907. The van der Waals surface area contributed by atoms with E-state index in [2.05, 4.69) is 22.6 Å². The molecule has 1 aromatic rings. The molecular weight excluding hydrogens is 344 g/mol. The first kappa shape index (κ1) is 12.6. The summed E-state index contributed by atoms with van der Waals surface area (Å²) in [7, 11) is 0. The largest absolute Gasteiger partial charge is 0.203 e. The molecule has 0 aliphatic heterocycles. The van der Waals surface area contributed by atoms with Crippen LogP contribution in [0, 0.1) is 11.6 Å². The van der Waals surface area contributed by atoms with Gasteiger partial charge in [-0.15, -0.1) is 0 Å². The molecule has 2 rings (SSSR count). The maximum Gasteiger partial charge on any atom is 0.177 e. The second kappa shape index (κ2) is 5.17. The Balaban J connectivity index is 2.24. The molecule has 1 aliphatic carbocycles. The highest BCUT2D eigenvalue weighted by molar-refractivity contribution is 14.1. The molecule has 0 N–H and O–H groups in total. The van der Waals surface area contributed by atoms with E-state index in [4.69, 9.17) is 11.6 Å². The van der Waals surface area contributed by atoms with Crippen molar-refractivity contribution in [3.8, 4) is 0 Å². The number of alkyl halides is 1. The van der Waals surface area contributed by atoms with Crippen LogP contribution in [0.4, 0.5) is 8.78 Å². The lowest BCUT2D eigenvalue weighted by atomic mass is 9.84. The molecule has 0 unspecified atom stereocenters. The van der Waals surface area contributed by atoms with Gasteiger partial charge in [-0.05, 0) is 43.2 Å². The fraction of sp³-hybridized carbons (Fsp3) is 0.500. The summed E-state index contributed by atoms with van der Waals surface area (Å²) in [4.78, 5) is 0. The zero-order valence-corrected chi connectivity index (χ0v) is 11.6. The maximum atomic E-state index is 13.7. The SMILES string of the molecule is Fc1c(Cl)ccc(C2CCC(I)CC2)c1F. The Labute approximate surface area is 113 Å². The lowest BCUT2D eigenvalue weighted by molar-refractivity contribution is 0.429. The Morgan fingerprint density at radius 3 is 2.31 bits per heavy atom. The molecule has 0 heterocycles. The zero-order valence-electron chi connectivity index (χ0n) is 8.65. The predicted molar refractivity (Wildman–Crippen MR) is 70.4 cm³/mol. The molecule has 16 heavy (non-hydrogen) atoms. The molecule has 0 saturated heterocycles. The van der Waals surface area contributed by atoms with Crippen molar-refractivity contribution in [2.24, 2.45) is 0 Å². The van der Waals surface area contributed by atoms with Gasteiger partial charge in [-0.1, -0.05) is 40.3 Å². The number of rotatable bonds is 1. The molecule has 1 saturated carbocycles. The van der Waals surface area contributed by atoms with Crippen LogP contribution in [0.5, 0.6) is 0 Å². The van der Waals surface area contributed by atoms with Crippen LogP contribution < -0.4 is 0 Å². The van der Waals surface area contributed by atoms with Crippen molar-refractivity contribution in [2.75, 3.05) is 0 Å². The highest BCUT2D eigenvalue weighted by atomic mass is 127. The standard InChI is InChI=1S/C12H12ClF2I/c13-10-6-5-9(11(14)12(10)15)7-1-3-8(16)4-2-7/h5-8H,1-4H2. The number of benzene rings is 1. The van der Waals surface area contributed by atoms with Gasteiger partial charge in [0, 0.05) is 3.92 Å². The number of hydrogen-bond donors (Lipinski definition) is 0. The second-order valence-electron chi connectivity index (χ2n) is 4.21. The summed E-state index contributed by atoms with van der Waals surface area (Å²) in [5.41, 5.74) is 0.491. The first-order valence-electron chi connectivity index (χ1n) is 5.37. The highest BCUT2D eigenvalue weighted by Gasteiger charge is 2.24. The molecule has 4 heteroatoms. The third kappa shape index (κ3) is 2.50. The van der Waals surface area contributed by atoms with Crippen LogP contribution in [-0.4, -0.2) is 3.92 Å². The first-order chi connectivity index (χ1) is 7.59. The molecule has 0 aromatic heterocycles. The van der Waals surface area contributed by atoms with E-state index in [-0.39, 0.29) is 10.9 Å². The van der Waals surface area contributed by atoms with E-state index >= 15 is 0 Å². The summed E-state index contributed by atoms with van der Waals surface area (Å²) in [5, 5.41) is -0.135. The van der Waals surface area contributed by atoms with Gasteiger partial charge in [0.05, 0.1) is 5.02 Å². The van der Waals surface area contributed by atoms with Gasteiger partial charge in [0.2, 0.25) is 0 Å². The van der Waals surface area contributed by atoms with E-state index in [1.165, 1.54) is 6.07 Å². The summed E-state index contributed by atoms with van der Waals surface area (Å²) in [6.45, 7) is 0. The van der Waals surface area contributed by atoms with E-state index in [0.717, 1.165) is 25.7 Å². The predicted octanol–water partition coefficient (Wildman–Crippen LogP) is 5.08. The Hall–Kier alpha value is 0.1000. The third-order valence-corrected chi connectivity index (χ3v) is 4.70. The third-order valence-electron chi connectivity index (χ3n) is 3.16. The minimum Gasteiger partial charge on any atom is -0.203 e. The van der Waals surface area contributed by atoms with Crippen LogP contribution in [0.1, 0.15) is 37.2 Å². The van der Waals surface area contributed by atoms with Crippen LogP contribution in [0.25, 0.3) is 0 Å². The molecule has 0 atom stereocenters. The molecule has 0 amide bonds. The van der Waals surface area contributed by atoms with Gasteiger partial charge in [-0.25, -0.2) is 8.78 Å². The molecule has 1 aliphatic rings. The van der Waals surface area contributed by atoms with Gasteiger partial charge in [0.1, 0.15) is 0 Å². The quantitative estimate of drug-likeness (QED) is 0.374. The van der Waals surface area contributed by atoms with Gasteiger partial charge in [-0.3, -0.25) is 0 Å². The van der Waals surface area contributed by atoms with Gasteiger partial charge < -0.3 is 0 Å². The number of hydrogen-bond acceptors (Lipinski definition) is 0. The van der Waals surface area contributed by atoms with Gasteiger partial charge >= 0.3 is 0 Å². The molecule has 1 fully saturated rings.